The summed E-state index contributed by atoms with van der Waals surface area (Å²) in [6.45, 7) is 3.86. The van der Waals surface area contributed by atoms with Crippen molar-refractivity contribution in [2.75, 3.05) is 44.7 Å². The summed E-state index contributed by atoms with van der Waals surface area (Å²) in [5.74, 6) is -9.80. The van der Waals surface area contributed by atoms with E-state index in [0.717, 1.165) is 0 Å². The van der Waals surface area contributed by atoms with Crippen LogP contribution in [0.25, 0.3) is 0 Å². The third kappa shape index (κ3) is 27.5. The Hall–Kier alpha value is -8.91. The maximum atomic E-state index is 14.7. The molecule has 22 N–H and O–H groups in total. The lowest BCUT2D eigenvalue weighted by Crippen LogP contribution is -2.60. The number of primary amides is 3. The van der Waals surface area contributed by atoms with Crippen molar-refractivity contribution in [2.45, 2.75) is 183 Å². The van der Waals surface area contributed by atoms with E-state index in [1.165, 1.54) is 21.6 Å². The first kappa shape index (κ1) is 78.5. The van der Waals surface area contributed by atoms with Crippen LogP contribution in [0.5, 0.6) is 0 Å². The number of amides is 13. The summed E-state index contributed by atoms with van der Waals surface area (Å²) < 4.78 is 0. The molecule has 31 nitrogen and oxygen atoms in total. The number of nitrogens with two attached hydrogens (primary N) is 7. The van der Waals surface area contributed by atoms with Gasteiger partial charge in [0.05, 0.1) is 12.6 Å². The quantitative estimate of drug-likeness (QED) is 0.0173. The Labute approximate surface area is 558 Å². The van der Waals surface area contributed by atoms with Crippen LogP contribution in [0.4, 0.5) is 0 Å². The number of guanidine groups is 1. The Morgan fingerprint density at radius 1 is 0.537 bits per heavy atom. The van der Waals surface area contributed by atoms with Crippen molar-refractivity contribution in [1.29, 1.82) is 0 Å². The molecular weight excluding hydrogens is 1250 g/mol. The van der Waals surface area contributed by atoms with E-state index in [9.17, 15) is 62.3 Å². The van der Waals surface area contributed by atoms with Gasteiger partial charge in [-0.15, -0.1) is 0 Å². The lowest BCUT2D eigenvalue weighted by Gasteiger charge is -2.32. The number of aliphatic imine (C=N–C) groups is 1. The molecular formula is C63H98N18O13S. The van der Waals surface area contributed by atoms with E-state index in [0.29, 0.717) is 55.4 Å². The summed E-state index contributed by atoms with van der Waals surface area (Å²) in [5.41, 5.74) is 40.6. The highest BCUT2D eigenvalue weighted by atomic mass is 32.2. The third-order valence-corrected chi connectivity index (χ3v) is 16.7. The van der Waals surface area contributed by atoms with Crippen LogP contribution in [0.15, 0.2) is 65.7 Å². The van der Waals surface area contributed by atoms with Crippen molar-refractivity contribution in [3.63, 3.8) is 0 Å². The zero-order valence-electron chi connectivity index (χ0n) is 54.5. The molecule has 2 aliphatic rings. The van der Waals surface area contributed by atoms with Gasteiger partial charge in [-0.2, -0.15) is 11.8 Å². The molecule has 0 aromatic heterocycles. The van der Waals surface area contributed by atoms with Gasteiger partial charge in [0.2, 0.25) is 76.8 Å². The second-order valence-electron chi connectivity index (χ2n) is 24.1. The molecule has 2 aromatic rings. The number of nitrogens with one attached hydrogen (secondary N) is 8. The number of carbonyl (C=O) groups is 13. The van der Waals surface area contributed by atoms with Crippen LogP contribution >= 0.6 is 11.8 Å². The van der Waals surface area contributed by atoms with Crippen LogP contribution in [0.2, 0.25) is 0 Å². The fourth-order valence-corrected chi connectivity index (χ4v) is 11.5. The van der Waals surface area contributed by atoms with E-state index in [1.54, 1.807) is 60.7 Å². The number of rotatable bonds is 42. The predicted octanol–water partition coefficient (Wildman–Crippen LogP) is -3.71. The molecule has 2 saturated heterocycles. The van der Waals surface area contributed by atoms with Gasteiger partial charge in [0, 0.05) is 45.3 Å². The number of thioether (sulfide) groups is 1. The topological polar surface area (TPSA) is 519 Å². The number of unbranched alkanes of at least 4 members (excludes halogenated alkanes) is 1. The van der Waals surface area contributed by atoms with Crippen LogP contribution in [-0.4, -0.2) is 198 Å². The molecule has 32 heteroatoms. The average Bonchev–Trinajstić information content (AvgIpc) is 1.74. The Kier molecular flexibility index (Phi) is 33.9. The molecule has 524 valence electrons. The Morgan fingerprint density at radius 3 is 1.51 bits per heavy atom. The molecule has 0 spiro atoms. The normalized spacial score (nSPS) is 16.8. The highest BCUT2D eigenvalue weighted by Crippen LogP contribution is 2.24. The molecule has 0 aliphatic carbocycles. The Bertz CT molecular complexity index is 2960. The number of hydrogen-bond acceptors (Lipinski definition) is 17. The van der Waals surface area contributed by atoms with Gasteiger partial charge in [0.1, 0.15) is 54.4 Å². The molecule has 0 bridgehead atoms. The molecule has 2 heterocycles. The van der Waals surface area contributed by atoms with E-state index in [4.69, 9.17) is 40.1 Å². The second-order valence-corrected chi connectivity index (χ2v) is 25.1. The van der Waals surface area contributed by atoms with Gasteiger partial charge in [0.25, 0.3) is 0 Å². The van der Waals surface area contributed by atoms with Gasteiger partial charge in [-0.3, -0.25) is 67.3 Å². The van der Waals surface area contributed by atoms with Gasteiger partial charge in [-0.1, -0.05) is 74.5 Å². The molecule has 4 rings (SSSR count). The highest BCUT2D eigenvalue weighted by molar-refractivity contribution is 7.98. The van der Waals surface area contributed by atoms with E-state index in [-0.39, 0.29) is 83.0 Å². The summed E-state index contributed by atoms with van der Waals surface area (Å²) in [6, 6.07) is 4.51. The summed E-state index contributed by atoms with van der Waals surface area (Å²) in [7, 11) is 0. The smallest absolute Gasteiger partial charge is 0.245 e. The van der Waals surface area contributed by atoms with Crippen LogP contribution in [0.1, 0.15) is 121 Å². The molecule has 0 radical (unpaired) electrons. The van der Waals surface area contributed by atoms with Gasteiger partial charge < -0.3 is 92.5 Å². The maximum absolute atomic E-state index is 14.7. The minimum Gasteiger partial charge on any atom is -0.370 e. The fourth-order valence-electron chi connectivity index (χ4n) is 11.0. The second kappa shape index (κ2) is 41.0. The van der Waals surface area contributed by atoms with E-state index in [1.807, 2.05) is 20.1 Å². The molecule has 2 aliphatic heterocycles. The minimum atomic E-state index is -1.64. The standard InChI is InChI=1S/C63H98N18O13S/c1-37(2)33-45(57(89)74-41(53(68)85)27-32-95-3)73-52(84)36-72-54(86)46(34-38-15-6-4-7-16-38)78-58(90)47(35-39-17-8-5-9-18-39)79-56(88)42(23-25-50(66)82)75-55(87)43(24-26-51(67)83)76-59(91)49-22-14-31-81(49)62(94)44(20-10-11-28-64)77-60(92)48-21-13-30-80(48)61(93)40(65)19-12-29-71-63(69)70/h4-9,15-18,37,40-49H,10-14,19-36,64-65H2,1-3H3,(H2,66,82)(H2,67,83)(H2,68,85)(H,72,86)(H,73,84)(H,74,89)(H,75,87)(H,76,91)(H,77,92)(H,78,90)(H,79,88)(H4,69,70,71)/t40-,41-,42-,43-,44-,45-,46-,47+,48+,49+/m0/s1. The van der Waals surface area contributed by atoms with Gasteiger partial charge in [0.15, 0.2) is 5.96 Å². The highest BCUT2D eigenvalue weighted by Gasteiger charge is 2.42. The first-order valence-corrected chi connectivity index (χ1v) is 33.6. The zero-order chi connectivity index (χ0) is 70.1. The van der Waals surface area contributed by atoms with Gasteiger partial charge >= 0.3 is 0 Å². The fraction of sp³-hybridized carbons (Fsp3) is 0.587. The summed E-state index contributed by atoms with van der Waals surface area (Å²) in [4.78, 5) is 185. The lowest BCUT2D eigenvalue weighted by molar-refractivity contribution is -0.144. The summed E-state index contributed by atoms with van der Waals surface area (Å²) >= 11 is 1.45. The monoisotopic (exact) mass is 1350 g/mol. The first-order chi connectivity index (χ1) is 45.2. The van der Waals surface area contributed by atoms with Gasteiger partial charge in [-0.05, 0) is 119 Å². The average molecular weight is 1350 g/mol. The first-order valence-electron chi connectivity index (χ1n) is 32.2. The molecule has 10 atom stereocenters. The molecule has 0 unspecified atom stereocenters. The number of carbonyl (C=O) groups excluding carboxylic acids is 13. The number of nitrogens with zero attached hydrogens (tertiary/aromatic N) is 3. The zero-order valence-corrected chi connectivity index (χ0v) is 55.3. The van der Waals surface area contributed by atoms with Crippen LogP contribution in [0.3, 0.4) is 0 Å². The third-order valence-electron chi connectivity index (χ3n) is 16.0. The SMILES string of the molecule is CSCC[C@H](NC(=O)[C@H](CC(C)C)NC(=O)CNC(=O)[C@H](Cc1ccccc1)NC(=O)[C@@H](Cc1ccccc1)NC(=O)[C@H](CCC(N)=O)NC(=O)[C@H](CCC(N)=O)NC(=O)[C@H]1CCCN1C(=O)[C@H](CCCCN)NC(=O)[C@H]1CCCN1C(=O)[C@@H](N)CCCN=C(N)N)C(N)=O. The lowest BCUT2D eigenvalue weighted by atomic mass is 10.0. The number of benzene rings is 2. The molecule has 0 saturated carbocycles. The van der Waals surface area contributed by atoms with E-state index in [2.05, 4.69) is 47.5 Å². The van der Waals surface area contributed by atoms with Crippen molar-refractivity contribution in [3.8, 4) is 0 Å². The minimum absolute atomic E-state index is 0.0736. The van der Waals surface area contributed by atoms with E-state index < -0.39 is 169 Å². The Morgan fingerprint density at radius 2 is 1.01 bits per heavy atom. The summed E-state index contributed by atoms with van der Waals surface area (Å²) in [6.07, 6.45) is 3.12. The number of hydrogen-bond donors (Lipinski definition) is 15. The largest absolute Gasteiger partial charge is 0.370 e. The van der Waals surface area contributed by atoms with Crippen LogP contribution in [-0.2, 0) is 75.2 Å². The van der Waals surface area contributed by atoms with Crippen molar-refractivity contribution in [3.05, 3.63) is 71.8 Å². The van der Waals surface area contributed by atoms with E-state index >= 15 is 0 Å². The van der Waals surface area contributed by atoms with Crippen LogP contribution < -0.4 is 82.7 Å². The summed E-state index contributed by atoms with van der Waals surface area (Å²) in [5, 5.41) is 21.1. The van der Waals surface area contributed by atoms with Crippen molar-refractivity contribution in [2.24, 2.45) is 51.0 Å². The Balaban J connectivity index is 1.56. The van der Waals surface area contributed by atoms with Crippen LogP contribution in [0, 0.1) is 5.92 Å². The van der Waals surface area contributed by atoms with Crippen molar-refractivity contribution < 1.29 is 62.3 Å². The molecule has 13 amide bonds. The molecule has 2 fully saturated rings. The molecule has 95 heavy (non-hydrogen) atoms. The predicted molar refractivity (Wildman–Crippen MR) is 356 cm³/mol. The number of likely N-dealkylation sites (tertiary alicyclic amines) is 2. The maximum Gasteiger partial charge on any atom is 0.245 e. The van der Waals surface area contributed by atoms with Gasteiger partial charge in [-0.25, -0.2) is 0 Å². The van der Waals surface area contributed by atoms with Crippen molar-refractivity contribution in [1.82, 2.24) is 52.3 Å². The van der Waals surface area contributed by atoms with Crippen molar-refractivity contribution >= 4 is 94.5 Å². The molecule has 2 aromatic carbocycles.